The zero-order chi connectivity index (χ0) is 31.6. The molecule has 1 aliphatic heterocycles. The predicted molar refractivity (Wildman–Crippen MR) is 162 cm³/mol. The van der Waals surface area contributed by atoms with Gasteiger partial charge < -0.3 is 30.6 Å². The molecule has 1 aromatic carbocycles. The number of hydrogen-bond acceptors (Lipinski definition) is 9. The van der Waals surface area contributed by atoms with Crippen molar-refractivity contribution in [1.82, 2.24) is 36.1 Å². The molecule has 3 aromatic rings. The van der Waals surface area contributed by atoms with Gasteiger partial charge in [0.05, 0.1) is 12.6 Å². The molecule has 0 unspecified atom stereocenters. The SMILES string of the molecule is CC(=O)NCCCC(=O)N1CCNC(=O)c2coc(n2)[C@H](Cc2ccccc2)NC(=O)c2csc(n2)[C@H](C(C)C)NC(=O)C1. The number of nitrogens with one attached hydrogen (secondary N) is 4. The summed E-state index contributed by atoms with van der Waals surface area (Å²) >= 11 is 1.25. The number of carbonyl (C=O) groups excluding carboxylic acids is 5. The first kappa shape index (κ1) is 32.3. The van der Waals surface area contributed by atoms with Crippen LogP contribution >= 0.6 is 11.3 Å². The molecule has 2 atom stereocenters. The highest BCUT2D eigenvalue weighted by Gasteiger charge is 2.28. The van der Waals surface area contributed by atoms with Gasteiger partial charge in [0.1, 0.15) is 23.0 Å². The van der Waals surface area contributed by atoms with Crippen molar-refractivity contribution in [2.75, 3.05) is 26.2 Å². The molecule has 0 saturated heterocycles. The number of amides is 5. The van der Waals surface area contributed by atoms with Gasteiger partial charge in [-0.15, -0.1) is 11.3 Å². The third-order valence-corrected chi connectivity index (χ3v) is 7.87. The Morgan fingerprint density at radius 1 is 1.09 bits per heavy atom. The van der Waals surface area contributed by atoms with E-state index in [1.165, 1.54) is 29.4 Å². The fourth-order valence-electron chi connectivity index (χ4n) is 4.62. The first-order valence-electron chi connectivity index (χ1n) is 14.5. The monoisotopic (exact) mass is 623 g/mol. The zero-order valence-electron chi connectivity index (χ0n) is 24.9. The minimum absolute atomic E-state index is 0.00933. The lowest BCUT2D eigenvalue weighted by Gasteiger charge is -2.25. The summed E-state index contributed by atoms with van der Waals surface area (Å²) in [6, 6.07) is 8.30. The molecule has 0 fully saturated rings. The van der Waals surface area contributed by atoms with Crippen LogP contribution in [0.2, 0.25) is 0 Å². The first-order chi connectivity index (χ1) is 21.1. The van der Waals surface area contributed by atoms with Gasteiger partial charge in [-0.25, -0.2) is 9.97 Å². The largest absolute Gasteiger partial charge is 0.446 e. The number of aromatic nitrogens is 2. The Balaban J connectivity index is 1.61. The molecule has 0 aliphatic carbocycles. The number of benzene rings is 1. The lowest BCUT2D eigenvalue weighted by atomic mass is 10.0. The molecule has 0 spiro atoms. The van der Waals surface area contributed by atoms with E-state index in [2.05, 4.69) is 31.2 Å². The lowest BCUT2D eigenvalue weighted by Crippen LogP contribution is -2.45. The smallest absolute Gasteiger partial charge is 0.273 e. The molecule has 0 saturated carbocycles. The third-order valence-electron chi connectivity index (χ3n) is 6.94. The van der Waals surface area contributed by atoms with Crippen molar-refractivity contribution in [1.29, 1.82) is 0 Å². The molecule has 234 valence electrons. The Bertz CT molecular complexity index is 1470. The summed E-state index contributed by atoms with van der Waals surface area (Å²) in [5.41, 5.74) is 1.10. The quantitative estimate of drug-likeness (QED) is 0.290. The van der Waals surface area contributed by atoms with Crippen molar-refractivity contribution in [2.45, 2.75) is 52.1 Å². The van der Waals surface area contributed by atoms with Crippen LogP contribution in [0.1, 0.15) is 83.1 Å². The van der Waals surface area contributed by atoms with E-state index in [0.29, 0.717) is 24.4 Å². The Labute approximate surface area is 259 Å². The second-order valence-electron chi connectivity index (χ2n) is 10.8. The van der Waals surface area contributed by atoms with Gasteiger partial charge in [-0.2, -0.15) is 0 Å². The third kappa shape index (κ3) is 8.96. The second kappa shape index (κ2) is 15.2. The number of hydrogen-bond donors (Lipinski definition) is 4. The maximum Gasteiger partial charge on any atom is 0.273 e. The highest BCUT2D eigenvalue weighted by atomic mass is 32.1. The number of thiazole rings is 1. The molecule has 4 rings (SSSR count). The standard InChI is InChI=1S/C30H37N7O6S/c1-18(2)26-30-35-23(17-44-30)28(42)33-21(14-20-8-5-4-6-9-20)29-34-22(16-43-29)27(41)32-12-13-37(15-24(39)36-26)25(40)10-7-11-31-19(3)38/h4-6,8-9,16-18,21,26H,7,10-15H2,1-3H3,(H,31,38)(H,32,41)(H,33,42)(H,36,39)/t21-,26-/m0/s1. The molecule has 1 aliphatic rings. The average molecular weight is 624 g/mol. The highest BCUT2D eigenvalue weighted by Crippen LogP contribution is 2.26. The first-order valence-corrected chi connectivity index (χ1v) is 15.3. The van der Waals surface area contributed by atoms with Crippen molar-refractivity contribution in [2.24, 2.45) is 5.92 Å². The van der Waals surface area contributed by atoms with E-state index in [0.717, 1.165) is 5.56 Å². The van der Waals surface area contributed by atoms with Gasteiger partial charge in [0.15, 0.2) is 5.69 Å². The van der Waals surface area contributed by atoms with Crippen molar-refractivity contribution < 1.29 is 28.4 Å². The molecule has 3 heterocycles. The van der Waals surface area contributed by atoms with Crippen molar-refractivity contribution in [3.05, 3.63) is 69.8 Å². The van der Waals surface area contributed by atoms with E-state index >= 15 is 0 Å². The minimum Gasteiger partial charge on any atom is -0.446 e. The number of carbonyl (C=O) groups is 5. The van der Waals surface area contributed by atoms with E-state index < -0.39 is 29.8 Å². The van der Waals surface area contributed by atoms with Crippen LogP contribution in [0.5, 0.6) is 0 Å². The summed E-state index contributed by atoms with van der Waals surface area (Å²) in [4.78, 5) is 74.0. The van der Waals surface area contributed by atoms with Crippen LogP contribution in [0.15, 0.2) is 46.4 Å². The van der Waals surface area contributed by atoms with Crippen LogP contribution in [0.25, 0.3) is 0 Å². The molecular weight excluding hydrogens is 586 g/mol. The summed E-state index contributed by atoms with van der Waals surface area (Å²) in [6.07, 6.45) is 2.08. The van der Waals surface area contributed by atoms with E-state index in [4.69, 9.17) is 4.42 Å². The topological polar surface area (TPSA) is 176 Å². The van der Waals surface area contributed by atoms with Crippen molar-refractivity contribution >= 4 is 40.9 Å². The number of rotatable bonds is 7. The fourth-order valence-corrected chi connectivity index (χ4v) is 5.64. The summed E-state index contributed by atoms with van der Waals surface area (Å²) in [5.74, 6) is -1.79. The second-order valence-corrected chi connectivity index (χ2v) is 11.7. The molecule has 14 heteroatoms. The van der Waals surface area contributed by atoms with E-state index in [-0.39, 0.29) is 61.1 Å². The maximum absolute atomic E-state index is 13.3. The Morgan fingerprint density at radius 3 is 2.59 bits per heavy atom. The van der Waals surface area contributed by atoms with Gasteiger partial charge in [0, 0.05) is 44.8 Å². The van der Waals surface area contributed by atoms with Gasteiger partial charge in [0.25, 0.3) is 11.8 Å². The fraction of sp³-hybridized carbons (Fsp3) is 0.433. The number of nitrogens with zero attached hydrogens (tertiary/aromatic N) is 3. The molecule has 44 heavy (non-hydrogen) atoms. The average Bonchev–Trinajstić information content (AvgIpc) is 3.68. The van der Waals surface area contributed by atoms with E-state index in [1.807, 2.05) is 44.2 Å². The van der Waals surface area contributed by atoms with Crippen LogP contribution in [0, 0.1) is 5.92 Å². The number of oxazole rings is 1. The van der Waals surface area contributed by atoms with E-state index in [9.17, 15) is 24.0 Å². The zero-order valence-corrected chi connectivity index (χ0v) is 25.7. The molecule has 4 bridgehead atoms. The molecule has 13 nitrogen and oxygen atoms in total. The summed E-state index contributed by atoms with van der Waals surface area (Å²) < 4.78 is 5.66. The summed E-state index contributed by atoms with van der Waals surface area (Å²) in [6.45, 7) is 5.46. The van der Waals surface area contributed by atoms with Gasteiger partial charge in [-0.1, -0.05) is 44.2 Å². The molecule has 4 N–H and O–H groups in total. The van der Waals surface area contributed by atoms with Crippen molar-refractivity contribution in [3.63, 3.8) is 0 Å². The molecule has 0 radical (unpaired) electrons. The lowest BCUT2D eigenvalue weighted by molar-refractivity contribution is -0.136. The maximum atomic E-state index is 13.3. The van der Waals surface area contributed by atoms with Gasteiger partial charge >= 0.3 is 0 Å². The van der Waals surface area contributed by atoms with Crippen LogP contribution in [-0.4, -0.2) is 70.6 Å². The molecular formula is C30H37N7O6S. The van der Waals surface area contributed by atoms with Gasteiger partial charge in [0.2, 0.25) is 23.6 Å². The van der Waals surface area contributed by atoms with Gasteiger partial charge in [-0.3, -0.25) is 24.0 Å². The Hall–Kier alpha value is -4.59. The van der Waals surface area contributed by atoms with Crippen LogP contribution in [0.3, 0.4) is 0 Å². The summed E-state index contributed by atoms with van der Waals surface area (Å²) in [7, 11) is 0. The minimum atomic E-state index is -0.693. The molecule has 2 aromatic heterocycles. The van der Waals surface area contributed by atoms with Crippen molar-refractivity contribution in [3.8, 4) is 0 Å². The van der Waals surface area contributed by atoms with Crippen LogP contribution < -0.4 is 21.3 Å². The Morgan fingerprint density at radius 2 is 1.86 bits per heavy atom. The number of fused-ring (bicyclic) bond motifs is 4. The van der Waals surface area contributed by atoms with Crippen LogP contribution in [-0.2, 0) is 20.8 Å². The van der Waals surface area contributed by atoms with Crippen LogP contribution in [0.4, 0.5) is 0 Å². The Kier molecular flexibility index (Phi) is 11.2. The van der Waals surface area contributed by atoms with E-state index in [1.54, 1.807) is 5.38 Å². The predicted octanol–water partition coefficient (Wildman–Crippen LogP) is 2.15. The normalized spacial score (nSPS) is 18.1. The van der Waals surface area contributed by atoms with Gasteiger partial charge in [-0.05, 0) is 17.9 Å². The highest BCUT2D eigenvalue weighted by molar-refractivity contribution is 7.09. The summed E-state index contributed by atoms with van der Waals surface area (Å²) in [5, 5.41) is 13.5. The molecule has 5 amide bonds.